The Kier molecular flexibility index (Phi) is 3.54. The maximum absolute atomic E-state index is 11.9. The molecule has 0 bridgehead atoms. The molecule has 4 heteroatoms. The normalized spacial score (nSPS) is 12.8. The van der Waals surface area contributed by atoms with Crippen molar-refractivity contribution < 1.29 is 14.3 Å². The standard InChI is InChI=1S/C16H15NO3/c18-16(13-4-2-1-3-5-13)17-11-12-6-7-14-15(10-12)20-9-8-19-14/h1-7,10H,8-9,11H2,(H,17,18). The Morgan fingerprint density at radius 3 is 2.55 bits per heavy atom. The largest absolute Gasteiger partial charge is 0.486 e. The lowest BCUT2D eigenvalue weighted by Gasteiger charge is -2.19. The van der Waals surface area contributed by atoms with Crippen LogP contribution in [0.5, 0.6) is 11.5 Å². The Morgan fingerprint density at radius 1 is 1.00 bits per heavy atom. The molecule has 0 aromatic heterocycles. The van der Waals surface area contributed by atoms with E-state index in [2.05, 4.69) is 5.32 Å². The minimum absolute atomic E-state index is 0.0829. The molecule has 2 aromatic carbocycles. The van der Waals surface area contributed by atoms with Gasteiger partial charge in [0.2, 0.25) is 0 Å². The van der Waals surface area contributed by atoms with Crippen LogP contribution in [0.2, 0.25) is 0 Å². The van der Waals surface area contributed by atoms with Crippen molar-refractivity contribution in [1.82, 2.24) is 5.32 Å². The van der Waals surface area contributed by atoms with Crippen LogP contribution in [-0.2, 0) is 6.54 Å². The van der Waals surface area contributed by atoms with Crippen molar-refractivity contribution in [3.63, 3.8) is 0 Å². The van der Waals surface area contributed by atoms with Crippen LogP contribution < -0.4 is 14.8 Å². The van der Waals surface area contributed by atoms with Crippen LogP contribution in [0.25, 0.3) is 0 Å². The van der Waals surface area contributed by atoms with E-state index in [-0.39, 0.29) is 5.91 Å². The molecule has 0 atom stereocenters. The van der Waals surface area contributed by atoms with Gasteiger partial charge in [0.1, 0.15) is 13.2 Å². The van der Waals surface area contributed by atoms with Crippen LogP contribution in [0, 0.1) is 0 Å². The highest BCUT2D eigenvalue weighted by atomic mass is 16.6. The summed E-state index contributed by atoms with van der Waals surface area (Å²) in [6.07, 6.45) is 0. The Morgan fingerprint density at radius 2 is 1.75 bits per heavy atom. The van der Waals surface area contributed by atoms with Crippen LogP contribution in [0.1, 0.15) is 15.9 Å². The maximum atomic E-state index is 11.9. The number of hydrogen-bond donors (Lipinski definition) is 1. The third-order valence-electron chi connectivity index (χ3n) is 3.10. The molecule has 20 heavy (non-hydrogen) atoms. The topological polar surface area (TPSA) is 47.6 Å². The Labute approximate surface area is 117 Å². The fourth-order valence-electron chi connectivity index (χ4n) is 2.07. The van der Waals surface area contributed by atoms with E-state index >= 15 is 0 Å². The SMILES string of the molecule is O=C(NCc1ccc2c(c1)OCCO2)c1ccccc1. The quantitative estimate of drug-likeness (QED) is 0.930. The first-order valence-electron chi connectivity index (χ1n) is 6.55. The van der Waals surface area contributed by atoms with Crippen LogP contribution in [0.3, 0.4) is 0 Å². The molecule has 1 aliphatic heterocycles. The molecule has 0 fully saturated rings. The number of carbonyl (C=O) groups excluding carboxylic acids is 1. The van der Waals surface area contributed by atoms with Gasteiger partial charge in [-0.3, -0.25) is 4.79 Å². The molecule has 0 saturated heterocycles. The Hall–Kier alpha value is -2.49. The summed E-state index contributed by atoms with van der Waals surface area (Å²) in [6, 6.07) is 14.9. The zero-order chi connectivity index (χ0) is 13.8. The predicted octanol–water partition coefficient (Wildman–Crippen LogP) is 2.39. The molecule has 0 saturated carbocycles. The molecule has 1 amide bonds. The third kappa shape index (κ3) is 2.74. The summed E-state index contributed by atoms with van der Waals surface area (Å²) in [5.74, 6) is 1.41. The molecule has 4 nitrogen and oxygen atoms in total. The highest BCUT2D eigenvalue weighted by Crippen LogP contribution is 2.30. The zero-order valence-corrected chi connectivity index (χ0v) is 11.0. The van der Waals surface area contributed by atoms with E-state index in [0.717, 1.165) is 17.1 Å². The first-order chi connectivity index (χ1) is 9.83. The Bertz CT molecular complexity index is 610. The molecule has 1 heterocycles. The third-order valence-corrected chi connectivity index (χ3v) is 3.10. The van der Waals surface area contributed by atoms with Crippen molar-refractivity contribution >= 4 is 5.91 Å². The van der Waals surface area contributed by atoms with Gasteiger partial charge in [-0.1, -0.05) is 24.3 Å². The fraction of sp³-hybridized carbons (Fsp3) is 0.188. The average molecular weight is 269 g/mol. The van der Waals surface area contributed by atoms with E-state index in [1.807, 2.05) is 36.4 Å². The smallest absolute Gasteiger partial charge is 0.251 e. The van der Waals surface area contributed by atoms with Gasteiger partial charge in [-0.25, -0.2) is 0 Å². The summed E-state index contributed by atoms with van der Waals surface area (Å²) < 4.78 is 11.0. The number of amides is 1. The molecule has 0 aliphatic carbocycles. The fourth-order valence-corrected chi connectivity index (χ4v) is 2.07. The second-order valence-electron chi connectivity index (χ2n) is 4.53. The van der Waals surface area contributed by atoms with Crippen LogP contribution in [0.4, 0.5) is 0 Å². The lowest BCUT2D eigenvalue weighted by atomic mass is 10.1. The van der Waals surface area contributed by atoms with Gasteiger partial charge in [0.05, 0.1) is 0 Å². The van der Waals surface area contributed by atoms with E-state index in [4.69, 9.17) is 9.47 Å². The molecule has 1 N–H and O–H groups in total. The molecule has 0 spiro atoms. The first kappa shape index (κ1) is 12.5. The molecular weight excluding hydrogens is 254 g/mol. The van der Waals surface area contributed by atoms with Crippen molar-refractivity contribution in [1.29, 1.82) is 0 Å². The Balaban J connectivity index is 1.65. The number of rotatable bonds is 3. The highest BCUT2D eigenvalue weighted by molar-refractivity contribution is 5.94. The number of benzene rings is 2. The van der Waals surface area contributed by atoms with E-state index < -0.39 is 0 Å². The van der Waals surface area contributed by atoms with Gasteiger partial charge >= 0.3 is 0 Å². The number of fused-ring (bicyclic) bond motifs is 1. The summed E-state index contributed by atoms with van der Waals surface area (Å²) in [6.45, 7) is 1.61. The number of carbonyl (C=O) groups is 1. The summed E-state index contributed by atoms with van der Waals surface area (Å²) >= 11 is 0. The minimum atomic E-state index is -0.0829. The van der Waals surface area contributed by atoms with Crippen molar-refractivity contribution in [2.24, 2.45) is 0 Å². The van der Waals surface area contributed by atoms with E-state index in [1.54, 1.807) is 12.1 Å². The van der Waals surface area contributed by atoms with Gasteiger partial charge < -0.3 is 14.8 Å². The van der Waals surface area contributed by atoms with Crippen LogP contribution >= 0.6 is 0 Å². The molecule has 0 radical (unpaired) electrons. The zero-order valence-electron chi connectivity index (χ0n) is 11.0. The maximum Gasteiger partial charge on any atom is 0.251 e. The van der Waals surface area contributed by atoms with Crippen molar-refractivity contribution in [2.75, 3.05) is 13.2 Å². The molecular formula is C16H15NO3. The van der Waals surface area contributed by atoms with Gasteiger partial charge in [-0.05, 0) is 29.8 Å². The average Bonchev–Trinajstić information content (AvgIpc) is 2.53. The molecule has 3 rings (SSSR count). The summed E-state index contributed by atoms with van der Waals surface area (Å²) in [4.78, 5) is 11.9. The van der Waals surface area contributed by atoms with Crippen LogP contribution in [-0.4, -0.2) is 19.1 Å². The summed E-state index contributed by atoms with van der Waals surface area (Å²) in [7, 11) is 0. The molecule has 102 valence electrons. The number of ether oxygens (including phenoxy) is 2. The van der Waals surface area contributed by atoms with Gasteiger partial charge in [0, 0.05) is 12.1 Å². The van der Waals surface area contributed by atoms with Gasteiger partial charge in [-0.2, -0.15) is 0 Å². The van der Waals surface area contributed by atoms with Gasteiger partial charge in [0.15, 0.2) is 11.5 Å². The van der Waals surface area contributed by atoms with Gasteiger partial charge in [-0.15, -0.1) is 0 Å². The van der Waals surface area contributed by atoms with Crippen LogP contribution in [0.15, 0.2) is 48.5 Å². The first-order valence-corrected chi connectivity index (χ1v) is 6.55. The van der Waals surface area contributed by atoms with E-state index in [0.29, 0.717) is 25.3 Å². The molecule has 1 aliphatic rings. The summed E-state index contributed by atoms with van der Waals surface area (Å²) in [5, 5.41) is 2.89. The van der Waals surface area contributed by atoms with Crippen molar-refractivity contribution in [3.05, 3.63) is 59.7 Å². The monoisotopic (exact) mass is 269 g/mol. The lowest BCUT2D eigenvalue weighted by molar-refractivity contribution is 0.0951. The highest BCUT2D eigenvalue weighted by Gasteiger charge is 2.12. The van der Waals surface area contributed by atoms with E-state index in [9.17, 15) is 4.79 Å². The van der Waals surface area contributed by atoms with Gasteiger partial charge in [0.25, 0.3) is 5.91 Å². The lowest BCUT2D eigenvalue weighted by Crippen LogP contribution is -2.23. The second-order valence-corrected chi connectivity index (χ2v) is 4.53. The summed E-state index contributed by atoms with van der Waals surface area (Å²) in [5.41, 5.74) is 1.64. The second kappa shape index (κ2) is 5.65. The van der Waals surface area contributed by atoms with E-state index in [1.165, 1.54) is 0 Å². The number of nitrogens with one attached hydrogen (secondary N) is 1. The molecule has 2 aromatic rings. The predicted molar refractivity (Wildman–Crippen MR) is 75.0 cm³/mol. The number of hydrogen-bond acceptors (Lipinski definition) is 3. The van der Waals surface area contributed by atoms with Crippen molar-refractivity contribution in [3.8, 4) is 11.5 Å². The van der Waals surface area contributed by atoms with Crippen molar-refractivity contribution in [2.45, 2.75) is 6.54 Å². The minimum Gasteiger partial charge on any atom is -0.486 e. The molecule has 0 unspecified atom stereocenters.